The van der Waals surface area contributed by atoms with Crippen LogP contribution in [0.2, 0.25) is 0 Å². The third-order valence-corrected chi connectivity index (χ3v) is 6.16. The molecule has 1 aromatic carbocycles. The van der Waals surface area contributed by atoms with Gasteiger partial charge in [-0.15, -0.1) is 11.3 Å². The molecular formula is C21H27NOS. The summed E-state index contributed by atoms with van der Waals surface area (Å²) < 4.78 is 0. The molecule has 24 heavy (non-hydrogen) atoms. The average molecular weight is 342 g/mol. The minimum atomic E-state index is 0.0451. The van der Waals surface area contributed by atoms with Crippen LogP contribution in [0.4, 0.5) is 5.69 Å². The number of anilines is 1. The van der Waals surface area contributed by atoms with Gasteiger partial charge in [-0.2, -0.15) is 0 Å². The van der Waals surface area contributed by atoms with Crippen molar-refractivity contribution in [1.82, 2.24) is 0 Å². The summed E-state index contributed by atoms with van der Waals surface area (Å²) in [6.07, 6.45) is 8.19. The van der Waals surface area contributed by atoms with Gasteiger partial charge in [-0.1, -0.05) is 38.8 Å². The van der Waals surface area contributed by atoms with Gasteiger partial charge in [0.25, 0.3) is 5.91 Å². The monoisotopic (exact) mass is 341 g/mol. The second kappa shape index (κ2) is 7.98. The van der Waals surface area contributed by atoms with E-state index in [1.807, 2.05) is 17.5 Å². The van der Waals surface area contributed by atoms with Crippen molar-refractivity contribution in [2.45, 2.75) is 58.8 Å². The largest absolute Gasteiger partial charge is 0.322 e. The predicted molar refractivity (Wildman–Crippen MR) is 103 cm³/mol. The number of amides is 1. The Morgan fingerprint density at radius 3 is 2.75 bits per heavy atom. The second-order valence-corrected chi connectivity index (χ2v) is 7.79. The molecule has 0 radical (unpaired) electrons. The van der Waals surface area contributed by atoms with E-state index >= 15 is 0 Å². The lowest BCUT2D eigenvalue weighted by Gasteiger charge is -2.21. The fraction of sp³-hybridized carbons (Fsp3) is 0.476. The summed E-state index contributed by atoms with van der Waals surface area (Å²) >= 11 is 1.76. The van der Waals surface area contributed by atoms with E-state index in [-0.39, 0.29) is 5.91 Å². The Balaban J connectivity index is 1.66. The van der Waals surface area contributed by atoms with E-state index in [1.54, 1.807) is 11.3 Å². The molecule has 3 heteroatoms. The lowest BCUT2D eigenvalue weighted by molar-refractivity contribution is 0.102. The van der Waals surface area contributed by atoms with Crippen molar-refractivity contribution < 1.29 is 4.79 Å². The van der Waals surface area contributed by atoms with Gasteiger partial charge < -0.3 is 5.32 Å². The lowest BCUT2D eigenvalue weighted by Crippen LogP contribution is -2.17. The number of nitrogens with one attached hydrogen (secondary N) is 1. The summed E-state index contributed by atoms with van der Waals surface area (Å²) in [5, 5.41) is 5.12. The Morgan fingerprint density at radius 1 is 1.25 bits per heavy atom. The highest BCUT2D eigenvalue weighted by atomic mass is 32.1. The van der Waals surface area contributed by atoms with Gasteiger partial charge in [0.1, 0.15) is 0 Å². The first-order valence-electron chi connectivity index (χ1n) is 9.20. The maximum atomic E-state index is 12.7. The van der Waals surface area contributed by atoms with E-state index in [2.05, 4.69) is 31.3 Å². The molecule has 2 nitrogen and oxygen atoms in total. The van der Waals surface area contributed by atoms with Crippen molar-refractivity contribution in [2.75, 3.05) is 5.32 Å². The third-order valence-electron chi connectivity index (χ3n) is 5.11. The predicted octanol–water partition coefficient (Wildman–Crippen LogP) is 5.86. The topological polar surface area (TPSA) is 29.1 Å². The molecule has 0 bridgehead atoms. The number of hydrogen-bond donors (Lipinski definition) is 1. The highest BCUT2D eigenvalue weighted by Gasteiger charge is 2.24. The molecule has 128 valence electrons. The van der Waals surface area contributed by atoms with Gasteiger partial charge in [-0.3, -0.25) is 4.79 Å². The molecule has 0 spiro atoms. The molecule has 1 unspecified atom stereocenters. The van der Waals surface area contributed by atoms with Crippen LogP contribution in [0.5, 0.6) is 0 Å². The molecule has 1 aliphatic rings. The highest BCUT2D eigenvalue weighted by Crippen LogP contribution is 2.34. The fourth-order valence-electron chi connectivity index (χ4n) is 3.45. The Labute approximate surface area is 149 Å². The highest BCUT2D eigenvalue weighted by molar-refractivity contribution is 7.10. The normalized spacial score (nSPS) is 16.7. The summed E-state index contributed by atoms with van der Waals surface area (Å²) in [7, 11) is 0. The van der Waals surface area contributed by atoms with Crippen molar-refractivity contribution >= 4 is 22.9 Å². The van der Waals surface area contributed by atoms with Crippen molar-refractivity contribution in [2.24, 2.45) is 5.92 Å². The molecule has 2 aromatic rings. The van der Waals surface area contributed by atoms with Crippen molar-refractivity contribution in [3.8, 4) is 0 Å². The minimum Gasteiger partial charge on any atom is -0.322 e. The molecule has 1 aliphatic carbocycles. The first kappa shape index (κ1) is 17.2. The molecule has 0 aliphatic heterocycles. The Kier molecular flexibility index (Phi) is 5.72. The maximum absolute atomic E-state index is 12.7. The van der Waals surface area contributed by atoms with Crippen LogP contribution in [0.3, 0.4) is 0 Å². The Bertz CT molecular complexity index is 686. The van der Waals surface area contributed by atoms with E-state index in [1.165, 1.54) is 41.7 Å². The summed E-state index contributed by atoms with van der Waals surface area (Å²) in [6, 6.07) is 8.30. The molecule has 0 saturated heterocycles. The van der Waals surface area contributed by atoms with Crippen LogP contribution < -0.4 is 5.32 Å². The summed E-state index contributed by atoms with van der Waals surface area (Å²) in [5.41, 5.74) is 4.41. The van der Waals surface area contributed by atoms with Gasteiger partial charge in [0.05, 0.1) is 5.56 Å². The molecule has 1 N–H and O–H groups in total. The maximum Gasteiger partial charge on any atom is 0.256 e. The van der Waals surface area contributed by atoms with Crippen LogP contribution in [0.1, 0.15) is 65.9 Å². The SMILES string of the molecule is CCCCc1ccc(NC(=O)c2csc3c2CCC(CC)C3)cc1. The molecule has 1 atom stereocenters. The Hall–Kier alpha value is -1.61. The molecule has 1 heterocycles. The molecule has 1 aromatic heterocycles. The van der Waals surface area contributed by atoms with Gasteiger partial charge in [0.2, 0.25) is 0 Å². The van der Waals surface area contributed by atoms with Gasteiger partial charge in [0.15, 0.2) is 0 Å². The molecule has 0 fully saturated rings. The van der Waals surface area contributed by atoms with Gasteiger partial charge in [-0.25, -0.2) is 0 Å². The van der Waals surface area contributed by atoms with Gasteiger partial charge >= 0.3 is 0 Å². The number of carbonyl (C=O) groups excluding carboxylic acids is 1. The van der Waals surface area contributed by atoms with Crippen LogP contribution in [-0.2, 0) is 19.3 Å². The summed E-state index contributed by atoms with van der Waals surface area (Å²) in [4.78, 5) is 14.1. The van der Waals surface area contributed by atoms with Gasteiger partial charge in [0, 0.05) is 15.9 Å². The zero-order valence-corrected chi connectivity index (χ0v) is 15.5. The number of unbranched alkanes of at least 4 members (excludes halogenated alkanes) is 1. The first-order valence-corrected chi connectivity index (χ1v) is 10.1. The average Bonchev–Trinajstić information content (AvgIpc) is 3.04. The zero-order chi connectivity index (χ0) is 16.9. The summed E-state index contributed by atoms with van der Waals surface area (Å²) in [5.74, 6) is 0.839. The fourth-order valence-corrected chi connectivity index (χ4v) is 4.65. The van der Waals surface area contributed by atoms with E-state index in [4.69, 9.17) is 0 Å². The number of benzene rings is 1. The number of carbonyl (C=O) groups is 1. The Morgan fingerprint density at radius 2 is 2.04 bits per heavy atom. The molecule has 1 amide bonds. The minimum absolute atomic E-state index is 0.0451. The quantitative estimate of drug-likeness (QED) is 0.700. The smallest absolute Gasteiger partial charge is 0.256 e. The molecule has 0 saturated carbocycles. The summed E-state index contributed by atoms with van der Waals surface area (Å²) in [6.45, 7) is 4.47. The first-order chi connectivity index (χ1) is 11.7. The van der Waals surface area contributed by atoms with E-state index < -0.39 is 0 Å². The number of fused-ring (bicyclic) bond motifs is 1. The van der Waals surface area contributed by atoms with Crippen LogP contribution in [-0.4, -0.2) is 5.91 Å². The molecule has 3 rings (SSSR count). The van der Waals surface area contributed by atoms with E-state index in [0.717, 1.165) is 36.4 Å². The van der Waals surface area contributed by atoms with Gasteiger partial charge in [-0.05, 0) is 61.3 Å². The number of thiophene rings is 1. The lowest BCUT2D eigenvalue weighted by atomic mass is 9.86. The number of hydrogen-bond acceptors (Lipinski definition) is 2. The van der Waals surface area contributed by atoms with E-state index in [9.17, 15) is 4.79 Å². The number of rotatable bonds is 6. The molecular weight excluding hydrogens is 314 g/mol. The van der Waals surface area contributed by atoms with Crippen LogP contribution in [0, 0.1) is 5.92 Å². The van der Waals surface area contributed by atoms with Crippen LogP contribution in [0.15, 0.2) is 29.6 Å². The number of aryl methyl sites for hydroxylation is 1. The third kappa shape index (κ3) is 3.89. The van der Waals surface area contributed by atoms with Crippen LogP contribution >= 0.6 is 11.3 Å². The standard InChI is InChI=1S/C21H27NOS/c1-3-5-6-16-7-10-17(11-8-16)22-21(23)19-14-24-20-13-15(4-2)9-12-18(19)20/h7-8,10-11,14-15H,3-6,9,12-13H2,1-2H3,(H,22,23). The zero-order valence-electron chi connectivity index (χ0n) is 14.7. The van der Waals surface area contributed by atoms with Crippen molar-refractivity contribution in [3.63, 3.8) is 0 Å². The van der Waals surface area contributed by atoms with Crippen molar-refractivity contribution in [3.05, 3.63) is 51.2 Å². The second-order valence-electron chi connectivity index (χ2n) is 6.82. The van der Waals surface area contributed by atoms with E-state index in [0.29, 0.717) is 0 Å². The van der Waals surface area contributed by atoms with Crippen molar-refractivity contribution in [1.29, 1.82) is 0 Å². The van der Waals surface area contributed by atoms with Crippen LogP contribution in [0.25, 0.3) is 0 Å².